The van der Waals surface area contributed by atoms with Crippen LogP contribution >= 0.6 is 0 Å². The Morgan fingerprint density at radius 2 is 1.15 bits per heavy atom. The summed E-state index contributed by atoms with van der Waals surface area (Å²) in [5.74, 6) is -0.267. The molecule has 0 saturated heterocycles. The van der Waals surface area contributed by atoms with Crippen LogP contribution in [0.3, 0.4) is 0 Å². The van der Waals surface area contributed by atoms with Crippen molar-refractivity contribution in [3.63, 3.8) is 0 Å². The van der Waals surface area contributed by atoms with Crippen LogP contribution in [0.2, 0.25) is 0 Å². The molecular weight excluding hydrogens is 328 g/mol. The van der Waals surface area contributed by atoms with Gasteiger partial charge in [0.15, 0.2) is 0 Å². The average molecular weight is 371 g/mol. The van der Waals surface area contributed by atoms with Gasteiger partial charge < -0.3 is 9.47 Å². The van der Waals surface area contributed by atoms with E-state index in [-0.39, 0.29) is 18.0 Å². The topological polar surface area (TPSA) is 52.6 Å². The highest BCUT2D eigenvalue weighted by atomic mass is 16.6. The summed E-state index contributed by atoms with van der Waals surface area (Å²) in [4.78, 5) is 23.4. The number of ether oxygens (including phenoxy) is 2. The molecule has 4 nitrogen and oxygen atoms in total. The fourth-order valence-electron chi connectivity index (χ4n) is 2.85. The predicted octanol–water partition coefficient (Wildman–Crippen LogP) is 6.35. The second kappa shape index (κ2) is 18.7. The molecular formula is C22H42O4. The van der Waals surface area contributed by atoms with E-state index in [2.05, 4.69) is 13.8 Å². The number of hydrogen-bond donors (Lipinski definition) is 0. The minimum Gasteiger partial charge on any atom is -0.466 e. The molecule has 0 bridgehead atoms. The van der Waals surface area contributed by atoms with Gasteiger partial charge in [-0.05, 0) is 19.8 Å². The van der Waals surface area contributed by atoms with Gasteiger partial charge in [-0.2, -0.15) is 0 Å². The highest BCUT2D eigenvalue weighted by molar-refractivity contribution is 5.69. The molecule has 0 aliphatic carbocycles. The summed E-state index contributed by atoms with van der Waals surface area (Å²) in [6.07, 6.45) is 15.4. The molecule has 0 spiro atoms. The van der Waals surface area contributed by atoms with Crippen molar-refractivity contribution in [3.8, 4) is 0 Å². The third-order valence-corrected chi connectivity index (χ3v) is 4.59. The Labute approximate surface area is 161 Å². The molecule has 1 atom stereocenters. The first-order valence-electron chi connectivity index (χ1n) is 10.9. The van der Waals surface area contributed by atoms with Crippen LogP contribution in [0.1, 0.15) is 117 Å². The standard InChI is InChI=1S/C22H42O4/c1-4-6-8-10-11-13-14-16-21(23)25-19-18-20(3)26-22(24)17-15-12-9-7-5-2/h20H,4-19H2,1-3H3. The second-order valence-corrected chi connectivity index (χ2v) is 7.35. The van der Waals surface area contributed by atoms with E-state index in [0.29, 0.717) is 25.9 Å². The van der Waals surface area contributed by atoms with E-state index in [1.807, 2.05) is 6.92 Å². The first-order valence-corrected chi connectivity index (χ1v) is 10.9. The number of carbonyl (C=O) groups is 2. The molecule has 26 heavy (non-hydrogen) atoms. The lowest BCUT2D eigenvalue weighted by atomic mass is 10.1. The maximum absolute atomic E-state index is 11.7. The number of hydrogen-bond acceptors (Lipinski definition) is 4. The maximum atomic E-state index is 11.7. The predicted molar refractivity (Wildman–Crippen MR) is 107 cm³/mol. The van der Waals surface area contributed by atoms with Gasteiger partial charge in [-0.25, -0.2) is 0 Å². The summed E-state index contributed by atoms with van der Waals surface area (Å²) in [5.41, 5.74) is 0. The van der Waals surface area contributed by atoms with E-state index in [1.165, 1.54) is 51.4 Å². The quantitative estimate of drug-likeness (QED) is 0.208. The number of carbonyl (C=O) groups excluding carboxylic acids is 2. The highest BCUT2D eigenvalue weighted by Crippen LogP contribution is 2.10. The fourth-order valence-corrected chi connectivity index (χ4v) is 2.85. The van der Waals surface area contributed by atoms with Crippen LogP contribution in [0.15, 0.2) is 0 Å². The van der Waals surface area contributed by atoms with Crippen LogP contribution in [0.4, 0.5) is 0 Å². The van der Waals surface area contributed by atoms with E-state index < -0.39 is 0 Å². The zero-order chi connectivity index (χ0) is 19.5. The summed E-state index contributed by atoms with van der Waals surface area (Å²) < 4.78 is 10.6. The third-order valence-electron chi connectivity index (χ3n) is 4.59. The minimum absolute atomic E-state index is 0.131. The molecule has 0 aromatic carbocycles. The van der Waals surface area contributed by atoms with Crippen LogP contribution in [-0.2, 0) is 19.1 Å². The van der Waals surface area contributed by atoms with Gasteiger partial charge in [-0.1, -0.05) is 78.1 Å². The minimum atomic E-state index is -0.190. The normalized spacial score (nSPS) is 12.0. The smallest absolute Gasteiger partial charge is 0.306 e. The first kappa shape index (κ1) is 24.9. The summed E-state index contributed by atoms with van der Waals surface area (Å²) in [6.45, 7) is 6.59. The molecule has 1 unspecified atom stereocenters. The summed E-state index contributed by atoms with van der Waals surface area (Å²) in [5, 5.41) is 0. The molecule has 0 aliphatic heterocycles. The van der Waals surface area contributed by atoms with Crippen molar-refractivity contribution in [2.45, 2.75) is 123 Å². The molecule has 0 aromatic rings. The molecule has 0 fully saturated rings. The van der Waals surface area contributed by atoms with Crippen molar-refractivity contribution in [2.24, 2.45) is 0 Å². The van der Waals surface area contributed by atoms with E-state index in [9.17, 15) is 9.59 Å². The van der Waals surface area contributed by atoms with Gasteiger partial charge in [0.1, 0.15) is 6.10 Å². The van der Waals surface area contributed by atoms with Crippen molar-refractivity contribution < 1.29 is 19.1 Å². The van der Waals surface area contributed by atoms with Crippen LogP contribution in [0.25, 0.3) is 0 Å². The van der Waals surface area contributed by atoms with Crippen LogP contribution in [0.5, 0.6) is 0 Å². The maximum Gasteiger partial charge on any atom is 0.306 e. The van der Waals surface area contributed by atoms with Crippen LogP contribution < -0.4 is 0 Å². The Morgan fingerprint density at radius 3 is 1.69 bits per heavy atom. The lowest BCUT2D eigenvalue weighted by Crippen LogP contribution is -2.18. The summed E-state index contributed by atoms with van der Waals surface area (Å²) in [7, 11) is 0. The van der Waals surface area contributed by atoms with Crippen molar-refractivity contribution in [1.29, 1.82) is 0 Å². The fraction of sp³-hybridized carbons (Fsp3) is 0.909. The van der Waals surface area contributed by atoms with Gasteiger partial charge >= 0.3 is 11.9 Å². The Hall–Kier alpha value is -1.06. The Kier molecular flexibility index (Phi) is 18.0. The molecule has 0 radical (unpaired) electrons. The second-order valence-electron chi connectivity index (χ2n) is 7.35. The zero-order valence-corrected chi connectivity index (χ0v) is 17.5. The van der Waals surface area contributed by atoms with E-state index in [4.69, 9.17) is 9.47 Å². The van der Waals surface area contributed by atoms with Crippen molar-refractivity contribution in [1.82, 2.24) is 0 Å². The van der Waals surface area contributed by atoms with Crippen LogP contribution in [0, 0.1) is 0 Å². The summed E-state index contributed by atoms with van der Waals surface area (Å²) >= 11 is 0. The highest BCUT2D eigenvalue weighted by Gasteiger charge is 2.10. The van der Waals surface area contributed by atoms with Crippen molar-refractivity contribution in [2.75, 3.05) is 6.61 Å². The van der Waals surface area contributed by atoms with Crippen LogP contribution in [-0.4, -0.2) is 24.6 Å². The van der Waals surface area contributed by atoms with Gasteiger partial charge in [0.05, 0.1) is 6.61 Å². The van der Waals surface area contributed by atoms with Gasteiger partial charge in [0.2, 0.25) is 0 Å². The Balaban J connectivity index is 3.49. The summed E-state index contributed by atoms with van der Waals surface area (Å²) in [6, 6.07) is 0. The molecule has 0 aromatic heterocycles. The van der Waals surface area contributed by atoms with Crippen molar-refractivity contribution in [3.05, 3.63) is 0 Å². The third kappa shape index (κ3) is 17.8. The van der Waals surface area contributed by atoms with E-state index in [0.717, 1.165) is 25.7 Å². The van der Waals surface area contributed by atoms with Gasteiger partial charge in [-0.15, -0.1) is 0 Å². The molecule has 154 valence electrons. The molecule has 0 aliphatic rings. The van der Waals surface area contributed by atoms with Crippen molar-refractivity contribution >= 4 is 11.9 Å². The molecule has 0 amide bonds. The number of unbranched alkanes of at least 4 members (excludes halogenated alkanes) is 10. The zero-order valence-electron chi connectivity index (χ0n) is 17.5. The lowest BCUT2D eigenvalue weighted by molar-refractivity contribution is -0.150. The molecule has 0 N–H and O–H groups in total. The molecule has 4 heteroatoms. The lowest BCUT2D eigenvalue weighted by Gasteiger charge is -2.13. The number of esters is 2. The number of rotatable bonds is 18. The first-order chi connectivity index (χ1) is 12.6. The monoisotopic (exact) mass is 370 g/mol. The Morgan fingerprint density at radius 1 is 0.692 bits per heavy atom. The molecule has 0 heterocycles. The van der Waals surface area contributed by atoms with Gasteiger partial charge in [0, 0.05) is 19.3 Å². The Bertz CT molecular complexity index is 341. The SMILES string of the molecule is CCCCCCCCCC(=O)OCCC(C)OC(=O)CCCCCCC. The van der Waals surface area contributed by atoms with Gasteiger partial charge in [0.25, 0.3) is 0 Å². The van der Waals surface area contributed by atoms with E-state index >= 15 is 0 Å². The average Bonchev–Trinajstić information content (AvgIpc) is 2.60. The van der Waals surface area contributed by atoms with Gasteiger partial charge in [-0.3, -0.25) is 9.59 Å². The largest absolute Gasteiger partial charge is 0.466 e. The molecule has 0 rings (SSSR count). The molecule has 0 saturated carbocycles. The van der Waals surface area contributed by atoms with E-state index in [1.54, 1.807) is 0 Å².